The lowest BCUT2D eigenvalue weighted by molar-refractivity contribution is 0.0909. The predicted molar refractivity (Wildman–Crippen MR) is 61.2 cm³/mol. The van der Waals surface area contributed by atoms with Crippen molar-refractivity contribution < 1.29 is 9.90 Å². The highest BCUT2D eigenvalue weighted by molar-refractivity contribution is 5.95. The van der Waals surface area contributed by atoms with E-state index in [4.69, 9.17) is 0 Å². The number of aliphatic hydroxyl groups is 1. The molecule has 1 aromatic rings. The topological polar surface area (TPSA) is 67.2 Å². The Labute approximate surface area is 95.5 Å². The van der Waals surface area contributed by atoms with E-state index < -0.39 is 6.10 Å². The Hall–Kier alpha value is -1.36. The SMILES string of the molecule is CCCC(O)CNC(=O)c1cnn(C)c1C. The van der Waals surface area contributed by atoms with Gasteiger partial charge in [0.25, 0.3) is 5.91 Å². The number of aromatic nitrogens is 2. The summed E-state index contributed by atoms with van der Waals surface area (Å²) in [5, 5.41) is 16.2. The maximum absolute atomic E-state index is 11.7. The number of hydrogen-bond donors (Lipinski definition) is 2. The number of aryl methyl sites for hydroxylation is 1. The highest BCUT2D eigenvalue weighted by atomic mass is 16.3. The van der Waals surface area contributed by atoms with Gasteiger partial charge in [-0.25, -0.2) is 0 Å². The first-order valence-electron chi connectivity index (χ1n) is 5.51. The third-order valence-electron chi connectivity index (χ3n) is 2.60. The average molecular weight is 225 g/mol. The molecule has 16 heavy (non-hydrogen) atoms. The molecule has 2 N–H and O–H groups in total. The molecule has 5 nitrogen and oxygen atoms in total. The number of carbonyl (C=O) groups is 1. The molecule has 0 bridgehead atoms. The van der Waals surface area contributed by atoms with Crippen LogP contribution in [0.5, 0.6) is 0 Å². The molecule has 0 aliphatic carbocycles. The van der Waals surface area contributed by atoms with Gasteiger partial charge in [-0.05, 0) is 13.3 Å². The Morgan fingerprint density at radius 1 is 1.69 bits per heavy atom. The zero-order valence-corrected chi connectivity index (χ0v) is 10.0. The van der Waals surface area contributed by atoms with E-state index in [-0.39, 0.29) is 5.91 Å². The molecule has 0 fully saturated rings. The van der Waals surface area contributed by atoms with Gasteiger partial charge in [-0.15, -0.1) is 0 Å². The van der Waals surface area contributed by atoms with Crippen LogP contribution in [0.1, 0.15) is 35.8 Å². The van der Waals surface area contributed by atoms with E-state index in [1.807, 2.05) is 13.8 Å². The fourth-order valence-corrected chi connectivity index (χ4v) is 1.46. The quantitative estimate of drug-likeness (QED) is 0.772. The number of rotatable bonds is 5. The summed E-state index contributed by atoms with van der Waals surface area (Å²) in [6, 6.07) is 0. The molecule has 1 amide bonds. The van der Waals surface area contributed by atoms with Crippen LogP contribution in [0.25, 0.3) is 0 Å². The molecule has 0 saturated carbocycles. The van der Waals surface area contributed by atoms with Crippen molar-refractivity contribution in [3.8, 4) is 0 Å². The Morgan fingerprint density at radius 3 is 2.88 bits per heavy atom. The molecule has 1 atom stereocenters. The molecule has 0 aliphatic rings. The smallest absolute Gasteiger partial charge is 0.254 e. The lowest BCUT2D eigenvalue weighted by Crippen LogP contribution is -2.32. The van der Waals surface area contributed by atoms with Gasteiger partial charge in [0, 0.05) is 19.3 Å². The van der Waals surface area contributed by atoms with Crippen molar-refractivity contribution >= 4 is 5.91 Å². The van der Waals surface area contributed by atoms with E-state index in [1.165, 1.54) is 6.20 Å². The molecule has 1 heterocycles. The van der Waals surface area contributed by atoms with Gasteiger partial charge >= 0.3 is 0 Å². The first kappa shape index (κ1) is 12.7. The van der Waals surface area contributed by atoms with Gasteiger partial charge in [0.05, 0.1) is 17.9 Å². The van der Waals surface area contributed by atoms with Crippen LogP contribution in [0.4, 0.5) is 0 Å². The van der Waals surface area contributed by atoms with Gasteiger partial charge < -0.3 is 10.4 Å². The molecule has 1 aromatic heterocycles. The van der Waals surface area contributed by atoms with E-state index in [0.717, 1.165) is 12.1 Å². The van der Waals surface area contributed by atoms with Crippen LogP contribution >= 0.6 is 0 Å². The van der Waals surface area contributed by atoms with Gasteiger partial charge in [0.1, 0.15) is 0 Å². The summed E-state index contributed by atoms with van der Waals surface area (Å²) in [6.45, 7) is 4.13. The maximum atomic E-state index is 11.7. The monoisotopic (exact) mass is 225 g/mol. The number of carbonyl (C=O) groups excluding carboxylic acids is 1. The Balaban J connectivity index is 2.50. The highest BCUT2D eigenvalue weighted by Crippen LogP contribution is 2.05. The number of hydrogen-bond acceptors (Lipinski definition) is 3. The molecule has 0 aliphatic heterocycles. The van der Waals surface area contributed by atoms with Gasteiger partial charge in [0.15, 0.2) is 0 Å². The number of amides is 1. The summed E-state index contributed by atoms with van der Waals surface area (Å²) in [7, 11) is 1.79. The van der Waals surface area contributed by atoms with Crippen molar-refractivity contribution in [1.82, 2.24) is 15.1 Å². The van der Waals surface area contributed by atoms with Crippen molar-refractivity contribution in [2.45, 2.75) is 32.8 Å². The molecular weight excluding hydrogens is 206 g/mol. The lowest BCUT2D eigenvalue weighted by Gasteiger charge is -2.10. The van der Waals surface area contributed by atoms with Crippen molar-refractivity contribution in [2.24, 2.45) is 7.05 Å². The number of nitrogens with zero attached hydrogens (tertiary/aromatic N) is 2. The number of aliphatic hydroxyl groups excluding tert-OH is 1. The summed E-state index contributed by atoms with van der Waals surface area (Å²) in [6.07, 6.45) is 2.68. The minimum absolute atomic E-state index is 0.180. The minimum Gasteiger partial charge on any atom is -0.391 e. The molecule has 0 aromatic carbocycles. The van der Waals surface area contributed by atoms with Gasteiger partial charge in [-0.3, -0.25) is 9.48 Å². The van der Waals surface area contributed by atoms with Gasteiger partial charge in [0.2, 0.25) is 0 Å². The van der Waals surface area contributed by atoms with Crippen LogP contribution in [0.2, 0.25) is 0 Å². The Morgan fingerprint density at radius 2 is 2.38 bits per heavy atom. The third kappa shape index (κ3) is 3.06. The fourth-order valence-electron chi connectivity index (χ4n) is 1.46. The lowest BCUT2D eigenvalue weighted by atomic mass is 10.2. The largest absolute Gasteiger partial charge is 0.391 e. The molecular formula is C11H19N3O2. The van der Waals surface area contributed by atoms with E-state index in [2.05, 4.69) is 10.4 Å². The second kappa shape index (κ2) is 5.65. The summed E-state index contributed by atoms with van der Waals surface area (Å²) < 4.78 is 1.65. The summed E-state index contributed by atoms with van der Waals surface area (Å²) >= 11 is 0. The molecule has 0 radical (unpaired) electrons. The van der Waals surface area contributed by atoms with Crippen LogP contribution in [0.15, 0.2) is 6.20 Å². The van der Waals surface area contributed by atoms with Crippen molar-refractivity contribution in [1.29, 1.82) is 0 Å². The van der Waals surface area contributed by atoms with Crippen LogP contribution in [0.3, 0.4) is 0 Å². The minimum atomic E-state index is -0.467. The van der Waals surface area contributed by atoms with E-state index in [9.17, 15) is 9.90 Å². The maximum Gasteiger partial charge on any atom is 0.254 e. The standard InChI is InChI=1S/C11H19N3O2/c1-4-5-9(15)6-12-11(16)10-7-13-14(3)8(10)2/h7,9,15H,4-6H2,1-3H3,(H,12,16). The van der Waals surface area contributed by atoms with Crippen molar-refractivity contribution in [3.63, 3.8) is 0 Å². The fraction of sp³-hybridized carbons (Fsp3) is 0.636. The molecule has 5 heteroatoms. The summed E-state index contributed by atoms with van der Waals surface area (Å²) in [4.78, 5) is 11.7. The first-order valence-corrected chi connectivity index (χ1v) is 5.51. The zero-order chi connectivity index (χ0) is 12.1. The second-order valence-corrected chi connectivity index (χ2v) is 3.92. The Kier molecular flexibility index (Phi) is 4.49. The third-order valence-corrected chi connectivity index (χ3v) is 2.60. The predicted octanol–water partition coefficient (Wildman–Crippen LogP) is 0.619. The normalized spacial score (nSPS) is 12.5. The zero-order valence-electron chi connectivity index (χ0n) is 10.0. The molecule has 0 spiro atoms. The van der Waals surface area contributed by atoms with Crippen LogP contribution in [-0.2, 0) is 7.05 Å². The molecule has 1 unspecified atom stereocenters. The van der Waals surface area contributed by atoms with Crippen LogP contribution < -0.4 is 5.32 Å². The van der Waals surface area contributed by atoms with Crippen LogP contribution in [0, 0.1) is 6.92 Å². The molecule has 1 rings (SSSR count). The number of nitrogens with one attached hydrogen (secondary N) is 1. The van der Waals surface area contributed by atoms with Gasteiger partial charge in [-0.2, -0.15) is 5.10 Å². The van der Waals surface area contributed by atoms with Crippen LogP contribution in [-0.4, -0.2) is 33.4 Å². The van der Waals surface area contributed by atoms with E-state index in [0.29, 0.717) is 18.5 Å². The molecule has 0 saturated heterocycles. The van der Waals surface area contributed by atoms with E-state index >= 15 is 0 Å². The van der Waals surface area contributed by atoms with E-state index in [1.54, 1.807) is 11.7 Å². The summed E-state index contributed by atoms with van der Waals surface area (Å²) in [5.74, 6) is -0.180. The second-order valence-electron chi connectivity index (χ2n) is 3.92. The first-order chi connectivity index (χ1) is 7.56. The average Bonchev–Trinajstić information content (AvgIpc) is 2.57. The molecule has 90 valence electrons. The van der Waals surface area contributed by atoms with Crippen molar-refractivity contribution in [2.75, 3.05) is 6.54 Å². The van der Waals surface area contributed by atoms with Crippen molar-refractivity contribution in [3.05, 3.63) is 17.5 Å². The highest BCUT2D eigenvalue weighted by Gasteiger charge is 2.13. The summed E-state index contributed by atoms with van der Waals surface area (Å²) in [5.41, 5.74) is 1.38. The Bertz CT molecular complexity index is 360. The van der Waals surface area contributed by atoms with Gasteiger partial charge in [-0.1, -0.05) is 13.3 Å².